The van der Waals surface area contributed by atoms with Gasteiger partial charge in [0.15, 0.2) is 0 Å². The first kappa shape index (κ1) is 12.8. The summed E-state index contributed by atoms with van der Waals surface area (Å²) >= 11 is 0. The molecule has 6 heteroatoms. The van der Waals surface area contributed by atoms with Gasteiger partial charge in [-0.1, -0.05) is 0 Å². The summed E-state index contributed by atoms with van der Waals surface area (Å²) in [5.41, 5.74) is -0.311. The van der Waals surface area contributed by atoms with Gasteiger partial charge in [0.1, 0.15) is 11.5 Å². The first-order valence-corrected chi connectivity index (χ1v) is 6.03. The summed E-state index contributed by atoms with van der Waals surface area (Å²) in [6.07, 6.45) is 4.20. The van der Waals surface area contributed by atoms with Crippen LogP contribution in [0.5, 0.6) is 0 Å². The number of anilines is 1. The Morgan fingerprint density at radius 3 is 2.56 bits per heavy atom. The molecule has 6 nitrogen and oxygen atoms in total. The van der Waals surface area contributed by atoms with Crippen molar-refractivity contribution in [1.82, 2.24) is 14.9 Å². The van der Waals surface area contributed by atoms with E-state index in [4.69, 9.17) is 0 Å². The maximum atomic E-state index is 12.1. The third kappa shape index (κ3) is 2.76. The summed E-state index contributed by atoms with van der Waals surface area (Å²) in [5, 5.41) is 12.7. The van der Waals surface area contributed by atoms with Crippen LogP contribution in [0.4, 0.5) is 5.82 Å². The van der Waals surface area contributed by atoms with E-state index in [0.717, 1.165) is 0 Å². The summed E-state index contributed by atoms with van der Waals surface area (Å²) in [6.45, 7) is 2.92. The molecule has 1 aliphatic rings. The summed E-state index contributed by atoms with van der Waals surface area (Å²) in [4.78, 5) is 22.0. The fraction of sp³-hybridized carbons (Fsp3) is 0.583. The van der Waals surface area contributed by atoms with E-state index in [-0.39, 0.29) is 5.91 Å². The number of piperidine rings is 1. The number of rotatable bonds is 2. The van der Waals surface area contributed by atoms with E-state index in [1.54, 1.807) is 18.9 Å². The molecule has 1 aliphatic heterocycles. The van der Waals surface area contributed by atoms with E-state index in [1.807, 2.05) is 0 Å². The highest BCUT2D eigenvalue weighted by atomic mass is 16.3. The number of likely N-dealkylation sites (tertiary alicyclic amines) is 1. The lowest BCUT2D eigenvalue weighted by Gasteiger charge is -2.35. The normalized spacial score (nSPS) is 18.5. The van der Waals surface area contributed by atoms with Crippen LogP contribution in [-0.2, 0) is 0 Å². The lowest BCUT2D eigenvalue weighted by atomic mass is 9.94. The highest BCUT2D eigenvalue weighted by Crippen LogP contribution is 2.22. The van der Waals surface area contributed by atoms with E-state index in [9.17, 15) is 9.90 Å². The molecule has 0 saturated carbocycles. The number of aliphatic hydroxyl groups is 1. The largest absolute Gasteiger partial charge is 0.390 e. The number of carbonyl (C=O) groups excluding carboxylic acids is 1. The van der Waals surface area contributed by atoms with Gasteiger partial charge < -0.3 is 15.3 Å². The van der Waals surface area contributed by atoms with Gasteiger partial charge in [0, 0.05) is 20.1 Å². The monoisotopic (exact) mass is 250 g/mol. The minimum Gasteiger partial charge on any atom is -0.390 e. The van der Waals surface area contributed by atoms with Gasteiger partial charge in [-0.05, 0) is 19.8 Å². The minimum atomic E-state index is -0.654. The number of carbonyl (C=O) groups is 1. The lowest BCUT2D eigenvalue weighted by Crippen LogP contribution is -2.45. The van der Waals surface area contributed by atoms with Crippen LogP contribution in [0, 0.1) is 0 Å². The van der Waals surface area contributed by atoms with E-state index >= 15 is 0 Å². The Morgan fingerprint density at radius 1 is 1.39 bits per heavy atom. The lowest BCUT2D eigenvalue weighted by molar-refractivity contribution is -0.00220. The molecule has 0 radical (unpaired) electrons. The number of amides is 1. The van der Waals surface area contributed by atoms with Crippen molar-refractivity contribution in [3.8, 4) is 0 Å². The molecule has 1 saturated heterocycles. The molecule has 1 aromatic heterocycles. The minimum absolute atomic E-state index is 0.124. The van der Waals surface area contributed by atoms with E-state index in [2.05, 4.69) is 15.3 Å². The van der Waals surface area contributed by atoms with Gasteiger partial charge in [0.2, 0.25) is 0 Å². The van der Waals surface area contributed by atoms with Gasteiger partial charge in [0.05, 0.1) is 18.0 Å². The van der Waals surface area contributed by atoms with Crippen molar-refractivity contribution in [2.45, 2.75) is 25.4 Å². The Kier molecular flexibility index (Phi) is 3.47. The predicted octanol–water partition coefficient (Wildman–Crippen LogP) is 0.505. The smallest absolute Gasteiger partial charge is 0.274 e. The second kappa shape index (κ2) is 4.89. The van der Waals surface area contributed by atoms with Crippen molar-refractivity contribution in [3.05, 3.63) is 18.1 Å². The van der Waals surface area contributed by atoms with Crippen molar-refractivity contribution in [2.75, 3.05) is 25.5 Å². The third-order valence-corrected chi connectivity index (χ3v) is 3.25. The fourth-order valence-corrected chi connectivity index (χ4v) is 1.92. The molecule has 18 heavy (non-hydrogen) atoms. The Bertz CT molecular complexity index is 420. The van der Waals surface area contributed by atoms with E-state index in [0.29, 0.717) is 37.4 Å². The summed E-state index contributed by atoms with van der Waals surface area (Å²) < 4.78 is 0. The van der Waals surface area contributed by atoms with E-state index in [1.165, 1.54) is 12.4 Å². The molecule has 0 aliphatic carbocycles. The molecule has 2 heterocycles. The molecule has 1 fully saturated rings. The zero-order chi connectivity index (χ0) is 13.2. The molecule has 2 rings (SSSR count). The first-order valence-electron chi connectivity index (χ1n) is 6.03. The van der Waals surface area contributed by atoms with Crippen molar-refractivity contribution in [1.29, 1.82) is 0 Å². The Labute approximate surface area is 106 Å². The van der Waals surface area contributed by atoms with E-state index < -0.39 is 5.60 Å². The molecule has 2 N–H and O–H groups in total. The second-order valence-corrected chi connectivity index (χ2v) is 4.83. The van der Waals surface area contributed by atoms with Crippen molar-refractivity contribution < 1.29 is 9.90 Å². The van der Waals surface area contributed by atoms with Gasteiger partial charge in [-0.15, -0.1) is 0 Å². The quantitative estimate of drug-likeness (QED) is 0.799. The zero-order valence-electron chi connectivity index (χ0n) is 10.7. The van der Waals surface area contributed by atoms with Crippen molar-refractivity contribution >= 4 is 11.7 Å². The molecule has 0 unspecified atom stereocenters. The van der Waals surface area contributed by atoms with Gasteiger partial charge in [-0.25, -0.2) is 9.97 Å². The molecule has 0 atom stereocenters. The predicted molar refractivity (Wildman–Crippen MR) is 67.3 cm³/mol. The fourth-order valence-electron chi connectivity index (χ4n) is 1.92. The molecule has 0 aromatic carbocycles. The van der Waals surface area contributed by atoms with Crippen LogP contribution in [-0.4, -0.2) is 51.6 Å². The molecule has 1 aromatic rings. The van der Waals surface area contributed by atoms with Crippen LogP contribution in [0.2, 0.25) is 0 Å². The summed E-state index contributed by atoms with van der Waals surface area (Å²) in [6, 6.07) is 0. The van der Waals surface area contributed by atoms with Crippen LogP contribution >= 0.6 is 0 Å². The Balaban J connectivity index is 2.03. The van der Waals surface area contributed by atoms with Crippen LogP contribution in [0.3, 0.4) is 0 Å². The topological polar surface area (TPSA) is 78.4 Å². The highest BCUT2D eigenvalue weighted by molar-refractivity contribution is 5.92. The van der Waals surface area contributed by atoms with Crippen molar-refractivity contribution in [3.63, 3.8) is 0 Å². The summed E-state index contributed by atoms with van der Waals surface area (Å²) in [5.74, 6) is 0.508. The number of aromatic nitrogens is 2. The van der Waals surface area contributed by atoms with Crippen LogP contribution in [0.25, 0.3) is 0 Å². The maximum Gasteiger partial charge on any atom is 0.274 e. The summed E-state index contributed by atoms with van der Waals surface area (Å²) in [7, 11) is 1.75. The molecule has 1 amide bonds. The van der Waals surface area contributed by atoms with Crippen LogP contribution in [0.1, 0.15) is 30.3 Å². The molecule has 0 spiro atoms. The average molecular weight is 250 g/mol. The standard InChI is InChI=1S/C12H18N4O2/c1-12(18)3-5-16(6-4-12)11(17)9-7-15-10(13-2)8-14-9/h7-8,18H,3-6H2,1-2H3,(H,13,15). The van der Waals surface area contributed by atoms with Gasteiger partial charge >= 0.3 is 0 Å². The van der Waals surface area contributed by atoms with Gasteiger partial charge in [0.25, 0.3) is 5.91 Å². The zero-order valence-corrected chi connectivity index (χ0v) is 10.7. The molecule has 0 bridgehead atoms. The Hall–Kier alpha value is -1.69. The Morgan fingerprint density at radius 2 is 2.06 bits per heavy atom. The van der Waals surface area contributed by atoms with Gasteiger partial charge in [-0.2, -0.15) is 0 Å². The second-order valence-electron chi connectivity index (χ2n) is 4.83. The van der Waals surface area contributed by atoms with Crippen LogP contribution in [0.15, 0.2) is 12.4 Å². The maximum absolute atomic E-state index is 12.1. The van der Waals surface area contributed by atoms with Crippen molar-refractivity contribution in [2.24, 2.45) is 0 Å². The number of hydrogen-bond donors (Lipinski definition) is 2. The first-order chi connectivity index (χ1) is 8.52. The molecular formula is C12H18N4O2. The third-order valence-electron chi connectivity index (χ3n) is 3.25. The van der Waals surface area contributed by atoms with Crippen LogP contribution < -0.4 is 5.32 Å². The SMILES string of the molecule is CNc1cnc(C(=O)N2CCC(C)(O)CC2)cn1. The highest BCUT2D eigenvalue weighted by Gasteiger charge is 2.30. The number of hydrogen-bond acceptors (Lipinski definition) is 5. The average Bonchev–Trinajstić information content (AvgIpc) is 2.38. The number of nitrogens with zero attached hydrogens (tertiary/aromatic N) is 3. The number of nitrogens with one attached hydrogen (secondary N) is 1. The molecular weight excluding hydrogens is 232 g/mol. The molecule has 98 valence electrons. The van der Waals surface area contributed by atoms with Gasteiger partial charge in [-0.3, -0.25) is 4.79 Å².